The molecule has 0 aliphatic heterocycles. The zero-order valence-corrected chi connectivity index (χ0v) is 12.8. The van der Waals surface area contributed by atoms with Crippen molar-refractivity contribution in [3.05, 3.63) is 28.8 Å². The van der Waals surface area contributed by atoms with Crippen LogP contribution >= 0.6 is 11.6 Å². The Morgan fingerprint density at radius 1 is 1.30 bits per heavy atom. The van der Waals surface area contributed by atoms with E-state index < -0.39 is 0 Å². The van der Waals surface area contributed by atoms with Crippen molar-refractivity contribution in [1.29, 1.82) is 0 Å². The molecule has 0 spiro atoms. The lowest BCUT2D eigenvalue weighted by Crippen LogP contribution is -2.19. The van der Waals surface area contributed by atoms with Crippen molar-refractivity contribution >= 4 is 17.4 Å². The number of aromatic nitrogens is 4. The summed E-state index contributed by atoms with van der Waals surface area (Å²) in [6, 6.07) is 0. The van der Waals surface area contributed by atoms with Gasteiger partial charge in [-0.2, -0.15) is 4.98 Å². The molecule has 0 radical (unpaired) electrons. The Morgan fingerprint density at radius 2 is 2.05 bits per heavy atom. The maximum absolute atomic E-state index is 6.17. The number of rotatable bonds is 4. The molecule has 108 valence electrons. The summed E-state index contributed by atoms with van der Waals surface area (Å²) >= 11 is 6.17. The number of nitrogens with one attached hydrogen (secondary N) is 1. The van der Waals surface area contributed by atoms with Gasteiger partial charge >= 0.3 is 0 Å². The van der Waals surface area contributed by atoms with Gasteiger partial charge in [0.25, 0.3) is 0 Å². The third-order valence-electron chi connectivity index (χ3n) is 2.81. The molecule has 0 aromatic carbocycles. The molecule has 2 aromatic heterocycles. The number of hydrogen-bond acceptors (Lipinski definition) is 6. The summed E-state index contributed by atoms with van der Waals surface area (Å²) in [7, 11) is 0. The van der Waals surface area contributed by atoms with E-state index in [1.54, 1.807) is 0 Å². The van der Waals surface area contributed by atoms with E-state index in [0.717, 1.165) is 17.2 Å². The Balaban J connectivity index is 2.12. The molecule has 0 bridgehead atoms. The van der Waals surface area contributed by atoms with E-state index >= 15 is 0 Å². The summed E-state index contributed by atoms with van der Waals surface area (Å²) in [5.74, 6) is 2.12. The van der Waals surface area contributed by atoms with Crippen LogP contribution in [0.5, 0.6) is 0 Å². The van der Waals surface area contributed by atoms with E-state index in [-0.39, 0.29) is 5.41 Å². The summed E-state index contributed by atoms with van der Waals surface area (Å²) in [4.78, 5) is 12.9. The normalized spacial score (nSPS) is 11.7. The third-order valence-corrected chi connectivity index (χ3v) is 3.17. The summed E-state index contributed by atoms with van der Waals surface area (Å²) in [6.07, 6.45) is 1.97. The molecule has 0 saturated heterocycles. The molecule has 2 rings (SSSR count). The van der Waals surface area contributed by atoms with E-state index in [9.17, 15) is 0 Å². The lowest BCUT2D eigenvalue weighted by molar-refractivity contribution is 0.410. The fraction of sp³-hybridized carbons (Fsp3) is 0.538. The average molecular weight is 296 g/mol. The van der Waals surface area contributed by atoms with Gasteiger partial charge in [-0.25, -0.2) is 9.97 Å². The molecule has 7 heteroatoms. The SMILES string of the molecule is Cc1c(Cl)nc(C(C)(C)C)nc1NCCc1ncon1. The van der Waals surface area contributed by atoms with Crippen molar-refractivity contribution in [1.82, 2.24) is 20.1 Å². The summed E-state index contributed by atoms with van der Waals surface area (Å²) < 4.78 is 4.69. The van der Waals surface area contributed by atoms with Crippen molar-refractivity contribution in [3.8, 4) is 0 Å². The van der Waals surface area contributed by atoms with Crippen LogP contribution in [0, 0.1) is 6.92 Å². The molecule has 0 unspecified atom stereocenters. The quantitative estimate of drug-likeness (QED) is 0.874. The first-order valence-corrected chi connectivity index (χ1v) is 6.79. The van der Waals surface area contributed by atoms with Crippen LogP contribution in [-0.4, -0.2) is 26.7 Å². The van der Waals surface area contributed by atoms with Crippen LogP contribution in [0.1, 0.15) is 38.0 Å². The third kappa shape index (κ3) is 3.45. The Morgan fingerprint density at radius 3 is 2.65 bits per heavy atom. The smallest absolute Gasteiger partial charge is 0.213 e. The van der Waals surface area contributed by atoms with Crippen molar-refractivity contribution in [2.24, 2.45) is 0 Å². The van der Waals surface area contributed by atoms with Gasteiger partial charge in [0, 0.05) is 23.9 Å². The van der Waals surface area contributed by atoms with Crippen molar-refractivity contribution < 1.29 is 4.52 Å². The second-order valence-corrected chi connectivity index (χ2v) is 5.94. The van der Waals surface area contributed by atoms with Gasteiger partial charge in [-0.05, 0) is 6.92 Å². The van der Waals surface area contributed by atoms with Crippen LogP contribution in [0.4, 0.5) is 5.82 Å². The van der Waals surface area contributed by atoms with Gasteiger partial charge in [0.15, 0.2) is 5.82 Å². The van der Waals surface area contributed by atoms with Gasteiger partial charge in [-0.1, -0.05) is 37.5 Å². The van der Waals surface area contributed by atoms with Crippen molar-refractivity contribution in [2.75, 3.05) is 11.9 Å². The monoisotopic (exact) mass is 295 g/mol. The molecule has 0 amide bonds. The molecular formula is C13H18ClN5O. The van der Waals surface area contributed by atoms with E-state index in [1.807, 2.05) is 6.92 Å². The Kier molecular flexibility index (Phi) is 4.23. The van der Waals surface area contributed by atoms with Gasteiger partial charge in [0.2, 0.25) is 6.39 Å². The minimum Gasteiger partial charge on any atom is -0.369 e. The van der Waals surface area contributed by atoms with Crippen LogP contribution < -0.4 is 5.32 Å². The Hall–Kier alpha value is -1.69. The maximum Gasteiger partial charge on any atom is 0.213 e. The summed E-state index contributed by atoms with van der Waals surface area (Å²) in [5, 5.41) is 7.49. The van der Waals surface area contributed by atoms with Crippen LogP contribution in [-0.2, 0) is 11.8 Å². The Bertz CT molecular complexity index is 577. The maximum atomic E-state index is 6.17. The van der Waals surface area contributed by atoms with Crippen molar-refractivity contribution in [3.63, 3.8) is 0 Å². The fourth-order valence-corrected chi connectivity index (χ4v) is 1.76. The first-order chi connectivity index (χ1) is 9.38. The molecule has 0 aliphatic carbocycles. The highest BCUT2D eigenvalue weighted by Crippen LogP contribution is 2.25. The predicted octanol–water partition coefficient (Wildman–Crippen LogP) is 2.77. The standard InChI is InChI=1S/C13H18ClN5O/c1-8-10(14)17-12(13(2,3)4)18-11(8)15-6-5-9-16-7-20-19-9/h7H,5-6H2,1-4H3,(H,15,17,18). The number of halogens is 1. The van der Waals surface area contributed by atoms with Crippen LogP contribution in [0.15, 0.2) is 10.9 Å². The largest absolute Gasteiger partial charge is 0.369 e. The fourth-order valence-electron chi connectivity index (χ4n) is 1.59. The van der Waals surface area contributed by atoms with Gasteiger partial charge in [0.1, 0.15) is 16.8 Å². The molecule has 1 N–H and O–H groups in total. The number of hydrogen-bond donors (Lipinski definition) is 1. The zero-order chi connectivity index (χ0) is 14.8. The summed E-state index contributed by atoms with van der Waals surface area (Å²) in [5.41, 5.74) is 0.689. The molecule has 0 atom stereocenters. The van der Waals surface area contributed by atoms with E-state index in [4.69, 9.17) is 11.6 Å². The van der Waals surface area contributed by atoms with E-state index in [1.165, 1.54) is 6.39 Å². The zero-order valence-electron chi connectivity index (χ0n) is 12.1. The lowest BCUT2D eigenvalue weighted by atomic mass is 9.95. The molecule has 0 fully saturated rings. The highest BCUT2D eigenvalue weighted by Gasteiger charge is 2.20. The van der Waals surface area contributed by atoms with Crippen LogP contribution in [0.3, 0.4) is 0 Å². The first kappa shape index (κ1) is 14.7. The molecule has 2 aromatic rings. The number of anilines is 1. The molecule has 0 saturated carbocycles. The minimum absolute atomic E-state index is 0.151. The molecule has 20 heavy (non-hydrogen) atoms. The van der Waals surface area contributed by atoms with Crippen LogP contribution in [0.25, 0.3) is 0 Å². The topological polar surface area (TPSA) is 76.7 Å². The van der Waals surface area contributed by atoms with Gasteiger partial charge in [-0.3, -0.25) is 0 Å². The predicted molar refractivity (Wildman–Crippen MR) is 77.0 cm³/mol. The Labute approximate surface area is 123 Å². The first-order valence-electron chi connectivity index (χ1n) is 6.41. The second-order valence-electron chi connectivity index (χ2n) is 5.59. The average Bonchev–Trinajstić information content (AvgIpc) is 2.86. The second kappa shape index (κ2) is 5.75. The number of nitrogens with zero attached hydrogens (tertiary/aromatic N) is 4. The molecular weight excluding hydrogens is 278 g/mol. The minimum atomic E-state index is -0.151. The lowest BCUT2D eigenvalue weighted by Gasteiger charge is -2.19. The van der Waals surface area contributed by atoms with E-state index in [2.05, 4.69) is 50.7 Å². The van der Waals surface area contributed by atoms with Crippen molar-refractivity contribution in [2.45, 2.75) is 39.5 Å². The molecule has 0 aliphatic rings. The van der Waals surface area contributed by atoms with Gasteiger partial charge in [0.05, 0.1) is 0 Å². The highest BCUT2D eigenvalue weighted by atomic mass is 35.5. The van der Waals surface area contributed by atoms with Gasteiger partial charge < -0.3 is 9.84 Å². The summed E-state index contributed by atoms with van der Waals surface area (Å²) in [6.45, 7) is 8.70. The van der Waals surface area contributed by atoms with Gasteiger partial charge in [-0.15, -0.1) is 0 Å². The molecule has 6 nitrogen and oxygen atoms in total. The highest BCUT2D eigenvalue weighted by molar-refractivity contribution is 6.30. The van der Waals surface area contributed by atoms with Crippen LogP contribution in [0.2, 0.25) is 5.15 Å². The molecule has 2 heterocycles. The van der Waals surface area contributed by atoms with E-state index in [0.29, 0.717) is 23.9 Å².